The first kappa shape index (κ1) is 14.4. The summed E-state index contributed by atoms with van der Waals surface area (Å²) in [6.07, 6.45) is 0.475. The van der Waals surface area contributed by atoms with Gasteiger partial charge in [0.05, 0.1) is 11.8 Å². The fourth-order valence-electron chi connectivity index (χ4n) is 2.15. The highest BCUT2D eigenvalue weighted by Gasteiger charge is 2.21. The van der Waals surface area contributed by atoms with Crippen molar-refractivity contribution in [2.24, 2.45) is 0 Å². The minimum absolute atomic E-state index is 0.0625. The van der Waals surface area contributed by atoms with Crippen LogP contribution in [0.3, 0.4) is 0 Å². The molecule has 1 aromatic heterocycles. The SMILES string of the molecule is CC(=O)NCCNc1nc(N2CCC(O)C2)ccc1N. The van der Waals surface area contributed by atoms with E-state index in [9.17, 15) is 9.90 Å². The smallest absolute Gasteiger partial charge is 0.216 e. The molecule has 2 rings (SSSR count). The van der Waals surface area contributed by atoms with Gasteiger partial charge in [0.1, 0.15) is 5.82 Å². The monoisotopic (exact) mass is 279 g/mol. The van der Waals surface area contributed by atoms with E-state index >= 15 is 0 Å². The van der Waals surface area contributed by atoms with E-state index < -0.39 is 0 Å². The number of amides is 1. The summed E-state index contributed by atoms with van der Waals surface area (Å²) in [4.78, 5) is 17.3. The van der Waals surface area contributed by atoms with Crippen molar-refractivity contribution in [2.45, 2.75) is 19.4 Å². The first-order valence-corrected chi connectivity index (χ1v) is 6.74. The minimum Gasteiger partial charge on any atom is -0.396 e. The third kappa shape index (κ3) is 3.74. The van der Waals surface area contributed by atoms with Gasteiger partial charge in [0, 0.05) is 33.1 Å². The maximum atomic E-state index is 10.8. The average molecular weight is 279 g/mol. The summed E-state index contributed by atoms with van der Waals surface area (Å²) >= 11 is 0. The fourth-order valence-corrected chi connectivity index (χ4v) is 2.15. The standard InChI is InChI=1S/C13H21N5O2/c1-9(19)15-5-6-16-13-11(14)2-3-12(17-13)18-7-4-10(20)8-18/h2-3,10,20H,4-8,14H2,1H3,(H,15,19)(H,16,17). The summed E-state index contributed by atoms with van der Waals surface area (Å²) in [7, 11) is 0. The van der Waals surface area contributed by atoms with Gasteiger partial charge in [-0.25, -0.2) is 4.98 Å². The van der Waals surface area contributed by atoms with Crippen LogP contribution in [0.1, 0.15) is 13.3 Å². The summed E-state index contributed by atoms with van der Waals surface area (Å²) < 4.78 is 0. The maximum Gasteiger partial charge on any atom is 0.216 e. The summed E-state index contributed by atoms with van der Waals surface area (Å²) in [5, 5.41) is 15.4. The van der Waals surface area contributed by atoms with Crippen molar-refractivity contribution in [2.75, 3.05) is 42.1 Å². The summed E-state index contributed by atoms with van der Waals surface area (Å²) in [6, 6.07) is 3.65. The Morgan fingerprint density at radius 3 is 3.00 bits per heavy atom. The third-order valence-corrected chi connectivity index (χ3v) is 3.19. The Bertz CT molecular complexity index is 480. The van der Waals surface area contributed by atoms with Gasteiger partial charge in [-0.05, 0) is 18.6 Å². The lowest BCUT2D eigenvalue weighted by Gasteiger charge is -2.18. The van der Waals surface area contributed by atoms with Crippen LogP contribution in [0.2, 0.25) is 0 Å². The van der Waals surface area contributed by atoms with Crippen molar-refractivity contribution >= 4 is 23.2 Å². The number of carbonyl (C=O) groups is 1. The Hall–Kier alpha value is -2.02. The predicted octanol–water partition coefficient (Wildman–Crippen LogP) is -0.217. The number of nitrogens with zero attached hydrogens (tertiary/aromatic N) is 2. The van der Waals surface area contributed by atoms with Gasteiger partial charge in [-0.2, -0.15) is 0 Å². The van der Waals surface area contributed by atoms with Crippen LogP contribution in [-0.4, -0.2) is 48.3 Å². The first-order chi connectivity index (χ1) is 9.56. The molecule has 1 unspecified atom stereocenters. The van der Waals surface area contributed by atoms with Crippen LogP contribution >= 0.6 is 0 Å². The quantitative estimate of drug-likeness (QED) is 0.556. The number of nitrogen functional groups attached to an aromatic ring is 1. The zero-order chi connectivity index (χ0) is 14.5. The van der Waals surface area contributed by atoms with Crippen molar-refractivity contribution in [3.8, 4) is 0 Å². The second-order valence-electron chi connectivity index (χ2n) is 4.91. The second-order valence-corrected chi connectivity index (χ2v) is 4.91. The molecule has 110 valence electrons. The van der Waals surface area contributed by atoms with Gasteiger partial charge in [-0.3, -0.25) is 4.79 Å². The molecule has 0 saturated carbocycles. The third-order valence-electron chi connectivity index (χ3n) is 3.19. The number of β-amino-alcohol motifs (C(OH)–C–C–N with tert-alkyl or cyclic N) is 1. The highest BCUT2D eigenvalue weighted by molar-refractivity contribution is 5.72. The maximum absolute atomic E-state index is 10.8. The van der Waals surface area contributed by atoms with Crippen molar-refractivity contribution < 1.29 is 9.90 Å². The zero-order valence-electron chi connectivity index (χ0n) is 11.6. The number of anilines is 3. The number of nitrogens with two attached hydrogens (primary N) is 1. The van der Waals surface area contributed by atoms with E-state index in [1.54, 1.807) is 6.07 Å². The molecule has 1 aromatic rings. The molecule has 1 amide bonds. The lowest BCUT2D eigenvalue weighted by molar-refractivity contribution is -0.118. The molecule has 7 nitrogen and oxygen atoms in total. The number of aliphatic hydroxyl groups is 1. The Labute approximate surface area is 118 Å². The molecule has 1 fully saturated rings. The van der Waals surface area contributed by atoms with E-state index in [0.717, 1.165) is 18.8 Å². The van der Waals surface area contributed by atoms with Gasteiger partial charge in [0.15, 0.2) is 5.82 Å². The number of rotatable bonds is 5. The van der Waals surface area contributed by atoms with Crippen LogP contribution in [0.15, 0.2) is 12.1 Å². The summed E-state index contributed by atoms with van der Waals surface area (Å²) in [5.74, 6) is 1.35. The van der Waals surface area contributed by atoms with Gasteiger partial charge >= 0.3 is 0 Å². The molecular weight excluding hydrogens is 258 g/mol. The van der Waals surface area contributed by atoms with Crippen LogP contribution in [0.25, 0.3) is 0 Å². The highest BCUT2D eigenvalue weighted by Crippen LogP contribution is 2.23. The normalized spacial score (nSPS) is 18.1. The molecule has 0 bridgehead atoms. The van der Waals surface area contributed by atoms with E-state index in [1.165, 1.54) is 6.92 Å². The topological polar surface area (TPSA) is 104 Å². The molecule has 0 aromatic carbocycles. The number of hydrogen-bond acceptors (Lipinski definition) is 6. The van der Waals surface area contributed by atoms with E-state index in [0.29, 0.717) is 31.1 Å². The van der Waals surface area contributed by atoms with E-state index in [4.69, 9.17) is 5.73 Å². The Morgan fingerprint density at radius 1 is 1.55 bits per heavy atom. The number of hydrogen-bond donors (Lipinski definition) is 4. The Balaban J connectivity index is 1.96. The number of aliphatic hydroxyl groups excluding tert-OH is 1. The number of pyridine rings is 1. The molecule has 1 atom stereocenters. The second kappa shape index (κ2) is 6.42. The fraction of sp³-hybridized carbons (Fsp3) is 0.538. The minimum atomic E-state index is -0.287. The molecule has 0 spiro atoms. The molecule has 20 heavy (non-hydrogen) atoms. The van der Waals surface area contributed by atoms with Crippen molar-refractivity contribution in [3.05, 3.63) is 12.1 Å². The molecule has 0 radical (unpaired) electrons. The molecule has 1 saturated heterocycles. The molecular formula is C13H21N5O2. The average Bonchev–Trinajstić information content (AvgIpc) is 2.83. The predicted molar refractivity (Wildman–Crippen MR) is 78.7 cm³/mol. The van der Waals surface area contributed by atoms with Crippen molar-refractivity contribution in [3.63, 3.8) is 0 Å². The van der Waals surface area contributed by atoms with E-state index in [-0.39, 0.29) is 12.0 Å². The molecule has 5 N–H and O–H groups in total. The molecule has 2 heterocycles. The summed E-state index contributed by atoms with van der Waals surface area (Å²) in [6.45, 7) is 3.95. The van der Waals surface area contributed by atoms with Gasteiger partial charge < -0.3 is 26.4 Å². The highest BCUT2D eigenvalue weighted by atomic mass is 16.3. The van der Waals surface area contributed by atoms with E-state index in [2.05, 4.69) is 15.6 Å². The van der Waals surface area contributed by atoms with Crippen LogP contribution in [0.5, 0.6) is 0 Å². The van der Waals surface area contributed by atoms with Crippen LogP contribution in [-0.2, 0) is 4.79 Å². The van der Waals surface area contributed by atoms with Gasteiger partial charge in [0.2, 0.25) is 5.91 Å². The van der Waals surface area contributed by atoms with E-state index in [1.807, 2.05) is 11.0 Å². The molecule has 7 heteroatoms. The lowest BCUT2D eigenvalue weighted by Crippen LogP contribution is -2.27. The Morgan fingerprint density at radius 2 is 2.35 bits per heavy atom. The van der Waals surface area contributed by atoms with Crippen molar-refractivity contribution in [1.29, 1.82) is 0 Å². The number of carbonyl (C=O) groups excluding carboxylic acids is 1. The van der Waals surface area contributed by atoms with Crippen LogP contribution in [0.4, 0.5) is 17.3 Å². The largest absolute Gasteiger partial charge is 0.396 e. The van der Waals surface area contributed by atoms with Crippen LogP contribution in [0, 0.1) is 0 Å². The molecule has 0 aliphatic carbocycles. The van der Waals surface area contributed by atoms with Crippen LogP contribution < -0.4 is 21.3 Å². The molecule has 1 aliphatic heterocycles. The van der Waals surface area contributed by atoms with Gasteiger partial charge in [0.25, 0.3) is 0 Å². The van der Waals surface area contributed by atoms with Gasteiger partial charge in [-0.15, -0.1) is 0 Å². The molecule has 1 aliphatic rings. The van der Waals surface area contributed by atoms with Gasteiger partial charge in [-0.1, -0.05) is 0 Å². The number of aromatic nitrogens is 1. The number of nitrogens with one attached hydrogen (secondary N) is 2. The lowest BCUT2D eigenvalue weighted by atomic mass is 10.3. The zero-order valence-corrected chi connectivity index (χ0v) is 11.6. The first-order valence-electron chi connectivity index (χ1n) is 6.74. The summed E-state index contributed by atoms with van der Waals surface area (Å²) in [5.41, 5.74) is 6.44. The Kier molecular flexibility index (Phi) is 4.62. The van der Waals surface area contributed by atoms with Crippen molar-refractivity contribution in [1.82, 2.24) is 10.3 Å².